The van der Waals surface area contributed by atoms with Crippen molar-refractivity contribution < 1.29 is 19.1 Å². The van der Waals surface area contributed by atoms with Gasteiger partial charge in [0.1, 0.15) is 11.2 Å². The van der Waals surface area contributed by atoms with Crippen LogP contribution in [0, 0.1) is 5.92 Å². The Hall–Kier alpha value is -1.06. The van der Waals surface area contributed by atoms with Gasteiger partial charge in [0.25, 0.3) is 0 Å². The van der Waals surface area contributed by atoms with Crippen LogP contribution in [-0.4, -0.2) is 23.1 Å². The molecule has 4 heteroatoms. The molecule has 0 saturated heterocycles. The van der Waals surface area contributed by atoms with E-state index in [1.54, 1.807) is 0 Å². The van der Waals surface area contributed by atoms with Gasteiger partial charge in [-0.05, 0) is 52.4 Å². The van der Waals surface area contributed by atoms with Crippen molar-refractivity contribution in [3.8, 4) is 0 Å². The molecule has 0 aromatic rings. The van der Waals surface area contributed by atoms with Crippen LogP contribution in [0.2, 0.25) is 0 Å². The van der Waals surface area contributed by atoms with Crippen LogP contribution >= 0.6 is 0 Å². The smallest absolute Gasteiger partial charge is 0.303 e. The number of rotatable bonds is 3. The van der Waals surface area contributed by atoms with Crippen LogP contribution in [0.15, 0.2) is 0 Å². The molecule has 0 atom stereocenters. The lowest BCUT2D eigenvalue weighted by Crippen LogP contribution is -2.43. The van der Waals surface area contributed by atoms with Crippen molar-refractivity contribution in [1.82, 2.24) is 0 Å². The molecule has 0 radical (unpaired) electrons. The van der Waals surface area contributed by atoms with Crippen LogP contribution in [0.5, 0.6) is 0 Å². The summed E-state index contributed by atoms with van der Waals surface area (Å²) >= 11 is 0. The summed E-state index contributed by atoms with van der Waals surface area (Å²) in [7, 11) is 0. The van der Waals surface area contributed by atoms with Gasteiger partial charge in [-0.1, -0.05) is 0 Å². The molecule has 0 bridgehead atoms. The van der Waals surface area contributed by atoms with Gasteiger partial charge >= 0.3 is 11.9 Å². The molecule has 4 nitrogen and oxygen atoms in total. The Bertz CT molecular complexity index is 325. The minimum Gasteiger partial charge on any atom is -0.460 e. The van der Waals surface area contributed by atoms with Gasteiger partial charge in [-0.25, -0.2) is 0 Å². The number of hydrogen-bond acceptors (Lipinski definition) is 4. The van der Waals surface area contributed by atoms with E-state index < -0.39 is 5.60 Å². The summed E-state index contributed by atoms with van der Waals surface area (Å²) in [5.74, 6) is -0.145. The summed E-state index contributed by atoms with van der Waals surface area (Å²) in [4.78, 5) is 22.1. The van der Waals surface area contributed by atoms with E-state index in [1.165, 1.54) is 13.8 Å². The predicted molar refractivity (Wildman–Crippen MR) is 68.0 cm³/mol. The molecule has 104 valence electrons. The molecule has 0 spiro atoms. The van der Waals surface area contributed by atoms with Gasteiger partial charge in [0.2, 0.25) is 0 Å². The van der Waals surface area contributed by atoms with Crippen molar-refractivity contribution >= 4 is 11.9 Å². The Morgan fingerprint density at radius 3 is 2.00 bits per heavy atom. The third kappa shape index (κ3) is 4.00. The average molecular weight is 256 g/mol. The van der Waals surface area contributed by atoms with E-state index in [0.29, 0.717) is 5.92 Å². The summed E-state index contributed by atoms with van der Waals surface area (Å²) in [5, 5.41) is 0. The van der Waals surface area contributed by atoms with Crippen LogP contribution < -0.4 is 0 Å². The van der Waals surface area contributed by atoms with Crippen LogP contribution in [-0.2, 0) is 19.1 Å². The topological polar surface area (TPSA) is 52.6 Å². The van der Waals surface area contributed by atoms with Crippen LogP contribution in [0.4, 0.5) is 0 Å². The molecule has 0 amide bonds. The maximum absolute atomic E-state index is 11.1. The SMILES string of the molecule is CC(=O)OC1(C)CCC(C(C)(C)OC(C)=O)CC1. The first-order chi connectivity index (χ1) is 8.15. The van der Waals surface area contributed by atoms with Crippen LogP contribution in [0.25, 0.3) is 0 Å². The fourth-order valence-corrected chi connectivity index (χ4v) is 2.83. The summed E-state index contributed by atoms with van der Waals surface area (Å²) in [6.07, 6.45) is 3.46. The number of hydrogen-bond donors (Lipinski definition) is 0. The van der Waals surface area contributed by atoms with Crippen molar-refractivity contribution in [3.05, 3.63) is 0 Å². The van der Waals surface area contributed by atoms with Gasteiger partial charge in [-0.15, -0.1) is 0 Å². The largest absolute Gasteiger partial charge is 0.460 e. The minimum absolute atomic E-state index is 0.227. The van der Waals surface area contributed by atoms with E-state index >= 15 is 0 Å². The lowest BCUT2D eigenvalue weighted by molar-refractivity contribution is -0.167. The molecule has 0 N–H and O–H groups in total. The number of carbonyl (C=O) groups is 2. The zero-order chi connectivity index (χ0) is 14.0. The molecule has 1 fully saturated rings. The third-order valence-corrected chi connectivity index (χ3v) is 3.82. The van der Waals surface area contributed by atoms with Crippen molar-refractivity contribution in [1.29, 1.82) is 0 Å². The van der Waals surface area contributed by atoms with Gasteiger partial charge < -0.3 is 9.47 Å². The van der Waals surface area contributed by atoms with Gasteiger partial charge in [0.15, 0.2) is 0 Å². The second kappa shape index (κ2) is 5.29. The predicted octanol–water partition coefficient (Wildman–Crippen LogP) is 2.84. The van der Waals surface area contributed by atoms with Gasteiger partial charge in [-0.2, -0.15) is 0 Å². The van der Waals surface area contributed by atoms with E-state index in [-0.39, 0.29) is 17.5 Å². The summed E-state index contributed by atoms with van der Waals surface area (Å²) in [6.45, 7) is 8.76. The molecule has 18 heavy (non-hydrogen) atoms. The number of carbonyl (C=O) groups excluding carboxylic acids is 2. The molecule has 0 aromatic heterocycles. The first-order valence-corrected chi connectivity index (χ1v) is 6.54. The monoisotopic (exact) mass is 256 g/mol. The summed E-state index contributed by atoms with van der Waals surface area (Å²) in [6, 6.07) is 0. The van der Waals surface area contributed by atoms with Crippen LogP contribution in [0.1, 0.15) is 60.3 Å². The molecule has 1 aliphatic carbocycles. The number of ether oxygens (including phenoxy) is 2. The van der Waals surface area contributed by atoms with Crippen molar-refractivity contribution in [3.63, 3.8) is 0 Å². The molecule has 1 aliphatic rings. The lowest BCUT2D eigenvalue weighted by Gasteiger charge is -2.42. The standard InChI is InChI=1S/C14H24O4/c1-10(15)17-13(3,4)12-6-8-14(5,9-7-12)18-11(2)16/h12H,6-9H2,1-5H3. The van der Waals surface area contributed by atoms with E-state index in [0.717, 1.165) is 25.7 Å². The minimum atomic E-state index is -0.441. The lowest BCUT2D eigenvalue weighted by atomic mass is 9.73. The zero-order valence-corrected chi connectivity index (χ0v) is 12.0. The number of esters is 2. The summed E-state index contributed by atoms with van der Waals surface area (Å²) < 4.78 is 10.8. The van der Waals surface area contributed by atoms with Crippen LogP contribution in [0.3, 0.4) is 0 Å². The molecular weight excluding hydrogens is 232 g/mol. The second-order valence-electron chi connectivity index (χ2n) is 6.01. The highest BCUT2D eigenvalue weighted by molar-refractivity contribution is 5.67. The van der Waals surface area contributed by atoms with Gasteiger partial charge in [0, 0.05) is 13.8 Å². The molecule has 0 aliphatic heterocycles. The Kier molecular flexibility index (Phi) is 4.41. The zero-order valence-electron chi connectivity index (χ0n) is 12.0. The van der Waals surface area contributed by atoms with Crippen molar-refractivity contribution in [2.24, 2.45) is 5.92 Å². The van der Waals surface area contributed by atoms with E-state index in [1.807, 2.05) is 20.8 Å². The Morgan fingerprint density at radius 2 is 1.61 bits per heavy atom. The molecule has 0 unspecified atom stereocenters. The normalized spacial score (nSPS) is 28.6. The molecule has 1 saturated carbocycles. The van der Waals surface area contributed by atoms with Gasteiger partial charge in [-0.3, -0.25) is 9.59 Å². The Morgan fingerprint density at radius 1 is 1.11 bits per heavy atom. The molecule has 0 heterocycles. The Labute approximate surface area is 109 Å². The van der Waals surface area contributed by atoms with E-state index in [4.69, 9.17) is 9.47 Å². The average Bonchev–Trinajstić information content (AvgIpc) is 2.13. The molecule has 1 rings (SSSR count). The highest BCUT2D eigenvalue weighted by Crippen LogP contribution is 2.40. The van der Waals surface area contributed by atoms with Crippen molar-refractivity contribution in [2.75, 3.05) is 0 Å². The van der Waals surface area contributed by atoms with E-state index in [9.17, 15) is 9.59 Å². The first kappa shape index (κ1) is 15.0. The fourth-order valence-electron chi connectivity index (χ4n) is 2.83. The second-order valence-corrected chi connectivity index (χ2v) is 6.01. The third-order valence-electron chi connectivity index (χ3n) is 3.82. The maximum atomic E-state index is 11.1. The Balaban J connectivity index is 2.58. The molecule has 0 aromatic carbocycles. The maximum Gasteiger partial charge on any atom is 0.303 e. The summed E-state index contributed by atoms with van der Waals surface area (Å²) in [5.41, 5.74) is -0.794. The first-order valence-electron chi connectivity index (χ1n) is 6.54. The molecular formula is C14H24O4. The van der Waals surface area contributed by atoms with Crippen molar-refractivity contribution in [2.45, 2.75) is 71.5 Å². The highest BCUT2D eigenvalue weighted by Gasteiger charge is 2.41. The van der Waals surface area contributed by atoms with E-state index in [2.05, 4.69) is 0 Å². The highest BCUT2D eigenvalue weighted by atomic mass is 16.6. The quantitative estimate of drug-likeness (QED) is 0.729. The van der Waals surface area contributed by atoms with Gasteiger partial charge in [0.05, 0.1) is 0 Å². The fraction of sp³-hybridized carbons (Fsp3) is 0.857.